The minimum atomic E-state index is 0.741. The monoisotopic (exact) mass is 282 g/mol. The summed E-state index contributed by atoms with van der Waals surface area (Å²) in [7, 11) is 0. The molecule has 3 rings (SSSR count). The molecule has 1 aromatic heterocycles. The van der Waals surface area contributed by atoms with Gasteiger partial charge in [0.2, 0.25) is 0 Å². The molecular formula is C15H14N4S. The van der Waals surface area contributed by atoms with E-state index in [0.717, 1.165) is 17.3 Å². The van der Waals surface area contributed by atoms with Crippen molar-refractivity contribution in [3.63, 3.8) is 0 Å². The zero-order chi connectivity index (χ0) is 13.8. The molecule has 20 heavy (non-hydrogen) atoms. The number of hydrogen-bond donors (Lipinski definition) is 0. The number of benzene rings is 2. The first-order chi connectivity index (χ1) is 9.83. The van der Waals surface area contributed by atoms with E-state index < -0.39 is 0 Å². The first-order valence-corrected chi connectivity index (χ1v) is 7.33. The molecule has 2 aromatic carbocycles. The molecule has 5 heteroatoms. The van der Waals surface area contributed by atoms with Gasteiger partial charge >= 0.3 is 0 Å². The van der Waals surface area contributed by atoms with E-state index in [1.54, 1.807) is 16.4 Å². The number of aromatic nitrogens is 4. The van der Waals surface area contributed by atoms with Crippen molar-refractivity contribution >= 4 is 11.8 Å². The van der Waals surface area contributed by atoms with Crippen molar-refractivity contribution in [3.8, 4) is 5.69 Å². The zero-order valence-electron chi connectivity index (χ0n) is 11.1. The Hall–Kier alpha value is -2.14. The van der Waals surface area contributed by atoms with Gasteiger partial charge < -0.3 is 0 Å². The molecule has 0 amide bonds. The molecule has 0 spiro atoms. The summed E-state index contributed by atoms with van der Waals surface area (Å²) in [4.78, 5) is 1.22. The fraction of sp³-hybridized carbons (Fsp3) is 0.133. The summed E-state index contributed by atoms with van der Waals surface area (Å²) < 4.78 is 1.78. The average molecular weight is 282 g/mol. The van der Waals surface area contributed by atoms with Crippen molar-refractivity contribution in [1.82, 2.24) is 20.2 Å². The predicted molar refractivity (Wildman–Crippen MR) is 79.9 cm³/mol. The van der Waals surface area contributed by atoms with Crippen LogP contribution in [0, 0.1) is 6.92 Å². The number of tetrazole rings is 1. The van der Waals surface area contributed by atoms with Gasteiger partial charge in [0, 0.05) is 4.90 Å². The van der Waals surface area contributed by atoms with Gasteiger partial charge in [0.1, 0.15) is 0 Å². The van der Waals surface area contributed by atoms with Crippen molar-refractivity contribution in [2.24, 2.45) is 0 Å². The topological polar surface area (TPSA) is 43.6 Å². The summed E-state index contributed by atoms with van der Waals surface area (Å²) in [5, 5.41) is 11.9. The lowest BCUT2D eigenvalue weighted by atomic mass is 10.2. The Morgan fingerprint density at radius 3 is 2.50 bits per heavy atom. The number of nitrogens with zero attached hydrogens (tertiary/aromatic N) is 4. The Balaban J connectivity index is 1.76. The molecule has 0 radical (unpaired) electrons. The smallest absolute Gasteiger partial charge is 0.166 e. The Labute approximate surface area is 121 Å². The number of hydrogen-bond acceptors (Lipinski definition) is 4. The molecule has 0 aliphatic heterocycles. The minimum Gasteiger partial charge on any atom is -0.196 e. The minimum absolute atomic E-state index is 0.741. The highest BCUT2D eigenvalue weighted by Gasteiger charge is 2.08. The SMILES string of the molecule is Cc1ccc(SCc2nnnn2-c2ccccc2)cc1. The summed E-state index contributed by atoms with van der Waals surface area (Å²) >= 11 is 1.73. The molecule has 0 N–H and O–H groups in total. The van der Waals surface area contributed by atoms with Crippen LogP contribution in [-0.4, -0.2) is 20.2 Å². The van der Waals surface area contributed by atoms with Crippen LogP contribution in [0.15, 0.2) is 59.5 Å². The zero-order valence-corrected chi connectivity index (χ0v) is 11.9. The van der Waals surface area contributed by atoms with Crippen molar-refractivity contribution in [2.45, 2.75) is 17.6 Å². The molecule has 0 saturated heterocycles. The van der Waals surface area contributed by atoms with Gasteiger partial charge in [-0.3, -0.25) is 0 Å². The maximum Gasteiger partial charge on any atom is 0.166 e. The van der Waals surface area contributed by atoms with E-state index in [1.807, 2.05) is 30.3 Å². The van der Waals surface area contributed by atoms with E-state index in [1.165, 1.54) is 10.5 Å². The summed E-state index contributed by atoms with van der Waals surface area (Å²) in [5.74, 6) is 1.59. The molecule has 0 bridgehead atoms. The molecule has 100 valence electrons. The normalized spacial score (nSPS) is 10.7. The van der Waals surface area contributed by atoms with Crippen molar-refractivity contribution in [3.05, 3.63) is 66.0 Å². The lowest BCUT2D eigenvalue weighted by Crippen LogP contribution is -2.01. The van der Waals surface area contributed by atoms with E-state index in [4.69, 9.17) is 0 Å². The van der Waals surface area contributed by atoms with Crippen molar-refractivity contribution in [1.29, 1.82) is 0 Å². The highest BCUT2D eigenvalue weighted by atomic mass is 32.2. The van der Waals surface area contributed by atoms with Gasteiger partial charge in [0.15, 0.2) is 5.82 Å². The van der Waals surface area contributed by atoms with Crippen LogP contribution in [-0.2, 0) is 5.75 Å². The summed E-state index contributed by atoms with van der Waals surface area (Å²) in [6.45, 7) is 2.09. The molecule has 0 fully saturated rings. The van der Waals surface area contributed by atoms with Crippen molar-refractivity contribution in [2.75, 3.05) is 0 Å². The van der Waals surface area contributed by atoms with Crippen LogP contribution in [0.5, 0.6) is 0 Å². The van der Waals surface area contributed by atoms with Gasteiger partial charge in [-0.1, -0.05) is 35.9 Å². The predicted octanol–water partition coefficient (Wildman–Crippen LogP) is 3.26. The Kier molecular flexibility index (Phi) is 3.78. The first-order valence-electron chi connectivity index (χ1n) is 6.35. The van der Waals surface area contributed by atoms with E-state index >= 15 is 0 Å². The number of aryl methyl sites for hydroxylation is 1. The standard InChI is InChI=1S/C15H14N4S/c1-12-7-9-14(10-8-12)20-11-15-16-17-18-19(15)13-5-3-2-4-6-13/h2-10H,11H2,1H3. The van der Waals surface area contributed by atoms with Crippen LogP contribution >= 0.6 is 11.8 Å². The van der Waals surface area contributed by atoms with Gasteiger partial charge in [0.25, 0.3) is 0 Å². The molecule has 0 atom stereocenters. The molecule has 0 unspecified atom stereocenters. The van der Waals surface area contributed by atoms with Gasteiger partial charge in [0.05, 0.1) is 11.4 Å². The molecule has 0 aliphatic rings. The third-order valence-corrected chi connectivity index (χ3v) is 3.93. The fourth-order valence-corrected chi connectivity index (χ4v) is 2.65. The van der Waals surface area contributed by atoms with Crippen LogP contribution in [0.1, 0.15) is 11.4 Å². The van der Waals surface area contributed by atoms with Crippen LogP contribution in [0.4, 0.5) is 0 Å². The van der Waals surface area contributed by atoms with Crippen LogP contribution in [0.3, 0.4) is 0 Å². The lowest BCUT2D eigenvalue weighted by molar-refractivity contribution is 0.777. The van der Waals surface area contributed by atoms with E-state index in [2.05, 4.69) is 46.7 Å². The third-order valence-electron chi connectivity index (χ3n) is 2.92. The second kappa shape index (κ2) is 5.88. The fourth-order valence-electron chi connectivity index (χ4n) is 1.85. The molecule has 1 heterocycles. The molecule has 4 nitrogen and oxygen atoms in total. The van der Waals surface area contributed by atoms with Crippen LogP contribution in [0.2, 0.25) is 0 Å². The average Bonchev–Trinajstić information content (AvgIpc) is 2.96. The molecule has 0 saturated carbocycles. The summed E-state index contributed by atoms with van der Waals surface area (Å²) in [6, 6.07) is 18.4. The third kappa shape index (κ3) is 2.88. The molecule has 0 aliphatic carbocycles. The van der Waals surface area contributed by atoms with Crippen molar-refractivity contribution < 1.29 is 0 Å². The van der Waals surface area contributed by atoms with Gasteiger partial charge in [-0.25, -0.2) is 0 Å². The lowest BCUT2D eigenvalue weighted by Gasteiger charge is -2.04. The van der Waals surface area contributed by atoms with Gasteiger partial charge in [-0.15, -0.1) is 16.9 Å². The summed E-state index contributed by atoms with van der Waals surface area (Å²) in [6.07, 6.45) is 0. The second-order valence-electron chi connectivity index (χ2n) is 4.44. The number of thioether (sulfide) groups is 1. The second-order valence-corrected chi connectivity index (χ2v) is 5.49. The molecular weight excluding hydrogens is 268 g/mol. The Bertz CT molecular complexity index is 677. The van der Waals surface area contributed by atoms with Crippen LogP contribution in [0.25, 0.3) is 5.69 Å². The maximum atomic E-state index is 4.11. The van der Waals surface area contributed by atoms with Crippen LogP contribution < -0.4 is 0 Å². The van der Waals surface area contributed by atoms with E-state index in [-0.39, 0.29) is 0 Å². The largest absolute Gasteiger partial charge is 0.196 e. The Morgan fingerprint density at radius 2 is 1.75 bits per heavy atom. The first kappa shape index (κ1) is 12.9. The summed E-state index contributed by atoms with van der Waals surface area (Å²) in [5.41, 5.74) is 2.25. The highest BCUT2D eigenvalue weighted by molar-refractivity contribution is 7.98. The number of para-hydroxylation sites is 1. The maximum absolute atomic E-state index is 4.11. The Morgan fingerprint density at radius 1 is 1.00 bits per heavy atom. The highest BCUT2D eigenvalue weighted by Crippen LogP contribution is 2.22. The van der Waals surface area contributed by atoms with Gasteiger partial charge in [-0.2, -0.15) is 4.68 Å². The van der Waals surface area contributed by atoms with E-state index in [9.17, 15) is 0 Å². The van der Waals surface area contributed by atoms with Gasteiger partial charge in [-0.05, 0) is 41.6 Å². The molecule has 3 aromatic rings. The van der Waals surface area contributed by atoms with E-state index in [0.29, 0.717) is 0 Å². The quantitative estimate of drug-likeness (QED) is 0.689. The number of rotatable bonds is 4.